The molecule has 1 atom stereocenters. The Morgan fingerprint density at radius 1 is 1.00 bits per heavy atom. The van der Waals surface area contributed by atoms with E-state index in [1.807, 2.05) is 18.9 Å². The number of piperazine rings is 1. The van der Waals surface area contributed by atoms with E-state index in [2.05, 4.69) is 21.8 Å². The Bertz CT molecular complexity index is 691. The lowest BCUT2D eigenvalue weighted by atomic mass is 9.86. The molecule has 4 rings (SSSR count). The molecule has 6 heteroatoms. The molecule has 3 heterocycles. The first-order valence-electron chi connectivity index (χ1n) is 9.55. The van der Waals surface area contributed by atoms with Crippen molar-refractivity contribution in [1.82, 2.24) is 19.8 Å². The summed E-state index contributed by atoms with van der Waals surface area (Å²) in [4.78, 5) is 28.5. The number of aromatic nitrogens is 2. The zero-order valence-corrected chi connectivity index (χ0v) is 15.7. The highest BCUT2D eigenvalue weighted by Gasteiger charge is 2.42. The minimum Gasteiger partial charge on any atom is -0.353 e. The minimum atomic E-state index is 0.0724. The minimum absolute atomic E-state index is 0.0724. The van der Waals surface area contributed by atoms with Crippen LogP contribution < -0.4 is 4.90 Å². The fourth-order valence-electron chi connectivity index (χ4n) is 4.73. The van der Waals surface area contributed by atoms with Crippen LogP contribution in [0.25, 0.3) is 0 Å². The molecule has 0 bridgehead atoms. The highest BCUT2D eigenvalue weighted by molar-refractivity contribution is 5.76. The number of likely N-dealkylation sites (tertiary alicyclic amines) is 1. The summed E-state index contributed by atoms with van der Waals surface area (Å²) >= 11 is 0. The van der Waals surface area contributed by atoms with Crippen molar-refractivity contribution in [2.45, 2.75) is 51.0 Å². The predicted octanol–water partition coefficient (Wildman–Crippen LogP) is 1.41. The van der Waals surface area contributed by atoms with Crippen LogP contribution >= 0.6 is 0 Å². The van der Waals surface area contributed by atoms with Crippen molar-refractivity contribution in [1.29, 1.82) is 0 Å². The fourth-order valence-corrected chi connectivity index (χ4v) is 4.73. The molecule has 0 radical (unpaired) electrons. The molecule has 2 fully saturated rings. The maximum Gasteiger partial charge on any atom is 0.222 e. The lowest BCUT2D eigenvalue weighted by Gasteiger charge is -2.50. The monoisotopic (exact) mass is 343 g/mol. The quantitative estimate of drug-likeness (QED) is 0.772. The van der Waals surface area contributed by atoms with Gasteiger partial charge in [-0.3, -0.25) is 9.69 Å². The second-order valence-corrected chi connectivity index (χ2v) is 8.01. The summed E-state index contributed by atoms with van der Waals surface area (Å²) in [6.45, 7) is 5.85. The van der Waals surface area contributed by atoms with Crippen molar-refractivity contribution in [2.24, 2.45) is 0 Å². The zero-order chi connectivity index (χ0) is 17.6. The lowest BCUT2D eigenvalue weighted by molar-refractivity contribution is -0.129. The molecule has 2 saturated heterocycles. The van der Waals surface area contributed by atoms with E-state index in [0.717, 1.165) is 63.5 Å². The van der Waals surface area contributed by atoms with Gasteiger partial charge in [-0.1, -0.05) is 0 Å². The van der Waals surface area contributed by atoms with Crippen LogP contribution in [0.3, 0.4) is 0 Å². The van der Waals surface area contributed by atoms with E-state index in [-0.39, 0.29) is 11.4 Å². The molecule has 1 spiro atoms. The van der Waals surface area contributed by atoms with Crippen molar-refractivity contribution in [3.8, 4) is 0 Å². The van der Waals surface area contributed by atoms with Crippen LogP contribution in [0.2, 0.25) is 0 Å². The van der Waals surface area contributed by atoms with Gasteiger partial charge in [0.2, 0.25) is 5.91 Å². The summed E-state index contributed by atoms with van der Waals surface area (Å²) in [7, 11) is 4.16. The van der Waals surface area contributed by atoms with Gasteiger partial charge in [-0.2, -0.15) is 0 Å². The van der Waals surface area contributed by atoms with E-state index in [4.69, 9.17) is 4.98 Å². The van der Waals surface area contributed by atoms with Gasteiger partial charge >= 0.3 is 0 Å². The maximum absolute atomic E-state index is 12.2. The number of rotatable bonds is 1. The molecule has 25 heavy (non-hydrogen) atoms. The molecular weight excluding hydrogens is 314 g/mol. The van der Waals surface area contributed by atoms with Crippen LogP contribution in [0.1, 0.15) is 42.8 Å². The standard InChI is InChI=1S/C19H29N5O/c1-14-20-16-6-4-5-15(16)18(21-14)24-12-11-23(3)19(13-24)8-7-17(25)22(2)10-9-19/h4-13H2,1-3H3. The highest BCUT2D eigenvalue weighted by Crippen LogP contribution is 2.36. The Morgan fingerprint density at radius 2 is 1.84 bits per heavy atom. The molecule has 0 aromatic carbocycles. The number of anilines is 1. The van der Waals surface area contributed by atoms with Gasteiger partial charge in [0, 0.05) is 56.4 Å². The average Bonchev–Trinajstić information content (AvgIpc) is 3.01. The van der Waals surface area contributed by atoms with Gasteiger partial charge in [0.05, 0.1) is 0 Å². The Morgan fingerprint density at radius 3 is 2.68 bits per heavy atom. The van der Waals surface area contributed by atoms with Crippen LogP contribution in [0.5, 0.6) is 0 Å². The van der Waals surface area contributed by atoms with Crippen molar-refractivity contribution in [3.63, 3.8) is 0 Å². The van der Waals surface area contributed by atoms with Gasteiger partial charge in [-0.25, -0.2) is 9.97 Å². The second kappa shape index (κ2) is 6.24. The van der Waals surface area contributed by atoms with Crippen molar-refractivity contribution < 1.29 is 4.79 Å². The summed E-state index contributed by atoms with van der Waals surface area (Å²) in [6.07, 6.45) is 6.01. The number of hydrogen-bond acceptors (Lipinski definition) is 5. The van der Waals surface area contributed by atoms with Crippen LogP contribution in [0.15, 0.2) is 0 Å². The summed E-state index contributed by atoms with van der Waals surface area (Å²) in [5.41, 5.74) is 2.70. The van der Waals surface area contributed by atoms with Gasteiger partial charge in [0.25, 0.3) is 0 Å². The largest absolute Gasteiger partial charge is 0.353 e. The topological polar surface area (TPSA) is 52.6 Å². The van der Waals surface area contributed by atoms with Crippen LogP contribution in [-0.2, 0) is 17.6 Å². The first kappa shape index (κ1) is 16.8. The van der Waals surface area contributed by atoms with E-state index in [9.17, 15) is 4.79 Å². The molecule has 2 aliphatic heterocycles. The SMILES string of the molecule is Cc1nc2c(c(N3CCN(C)C4(CCC(=O)N(C)CC4)C3)n1)CCC2. The third-order valence-electron chi connectivity index (χ3n) is 6.47. The van der Waals surface area contributed by atoms with Crippen LogP contribution in [0, 0.1) is 6.92 Å². The fraction of sp³-hybridized carbons (Fsp3) is 0.737. The number of fused-ring (bicyclic) bond motifs is 1. The highest BCUT2D eigenvalue weighted by atomic mass is 16.2. The third kappa shape index (κ3) is 2.90. The molecule has 0 N–H and O–H groups in total. The Labute approximate surface area is 150 Å². The molecule has 6 nitrogen and oxygen atoms in total. The van der Waals surface area contributed by atoms with E-state index in [0.29, 0.717) is 6.42 Å². The van der Waals surface area contributed by atoms with Crippen LogP contribution in [0.4, 0.5) is 5.82 Å². The number of aryl methyl sites for hydroxylation is 2. The first-order chi connectivity index (χ1) is 12.0. The normalized spacial score (nSPS) is 27.7. The van der Waals surface area contributed by atoms with E-state index in [1.54, 1.807) is 0 Å². The molecule has 1 aromatic rings. The number of hydrogen-bond donors (Lipinski definition) is 0. The Balaban J connectivity index is 1.64. The number of carbonyl (C=O) groups excluding carboxylic acids is 1. The Kier molecular flexibility index (Phi) is 4.18. The van der Waals surface area contributed by atoms with E-state index < -0.39 is 0 Å². The number of nitrogens with zero attached hydrogens (tertiary/aromatic N) is 5. The summed E-state index contributed by atoms with van der Waals surface area (Å²) < 4.78 is 0. The molecule has 1 amide bonds. The second-order valence-electron chi connectivity index (χ2n) is 8.01. The smallest absolute Gasteiger partial charge is 0.222 e. The van der Waals surface area contributed by atoms with E-state index >= 15 is 0 Å². The molecule has 3 aliphatic rings. The molecular formula is C19H29N5O. The van der Waals surface area contributed by atoms with Crippen molar-refractivity contribution >= 4 is 11.7 Å². The predicted molar refractivity (Wildman–Crippen MR) is 97.9 cm³/mol. The number of amides is 1. The van der Waals surface area contributed by atoms with E-state index in [1.165, 1.54) is 17.7 Å². The maximum atomic E-state index is 12.2. The summed E-state index contributed by atoms with van der Waals surface area (Å²) in [5, 5.41) is 0. The lowest BCUT2D eigenvalue weighted by Crippen LogP contribution is -2.61. The summed E-state index contributed by atoms with van der Waals surface area (Å²) in [6, 6.07) is 0. The third-order valence-corrected chi connectivity index (χ3v) is 6.47. The van der Waals surface area contributed by atoms with Crippen molar-refractivity contribution in [2.75, 3.05) is 45.2 Å². The van der Waals surface area contributed by atoms with Gasteiger partial charge < -0.3 is 9.80 Å². The number of carbonyl (C=O) groups is 1. The average molecular weight is 343 g/mol. The Hall–Kier alpha value is -1.69. The van der Waals surface area contributed by atoms with Crippen molar-refractivity contribution in [3.05, 3.63) is 17.1 Å². The van der Waals surface area contributed by atoms with Gasteiger partial charge in [0.1, 0.15) is 11.6 Å². The summed E-state index contributed by atoms with van der Waals surface area (Å²) in [5.74, 6) is 2.33. The molecule has 1 aromatic heterocycles. The molecule has 1 unspecified atom stereocenters. The molecule has 136 valence electrons. The molecule has 1 aliphatic carbocycles. The van der Waals surface area contributed by atoms with Gasteiger partial charge in [-0.15, -0.1) is 0 Å². The molecule has 0 saturated carbocycles. The zero-order valence-electron chi connectivity index (χ0n) is 15.7. The first-order valence-corrected chi connectivity index (χ1v) is 9.55. The van der Waals surface area contributed by atoms with Gasteiger partial charge in [-0.05, 0) is 46.1 Å². The van der Waals surface area contributed by atoms with Gasteiger partial charge in [0.15, 0.2) is 0 Å². The van der Waals surface area contributed by atoms with Crippen LogP contribution in [-0.4, -0.2) is 71.5 Å². The number of likely N-dealkylation sites (N-methyl/N-ethyl adjacent to an activating group) is 1.